The van der Waals surface area contributed by atoms with Gasteiger partial charge in [0.05, 0.1) is 36.7 Å². The summed E-state index contributed by atoms with van der Waals surface area (Å²) in [6.07, 6.45) is 1.99. The van der Waals surface area contributed by atoms with Crippen LogP contribution in [0.2, 0.25) is 0 Å². The lowest BCUT2D eigenvalue weighted by molar-refractivity contribution is -0.131. The number of nitrogens with one attached hydrogen (secondary N) is 4. The molecular weight excluding hydrogens is 446 g/mol. The lowest BCUT2D eigenvalue weighted by Gasteiger charge is -2.39. The Bertz CT molecular complexity index is 1280. The molecule has 1 aromatic carbocycles. The molecule has 2 saturated heterocycles. The molecule has 4 unspecified atom stereocenters. The van der Waals surface area contributed by atoms with Crippen molar-refractivity contribution in [3.63, 3.8) is 0 Å². The summed E-state index contributed by atoms with van der Waals surface area (Å²) < 4.78 is 7.54. The Kier molecular flexibility index (Phi) is 5.98. The molecule has 4 atom stereocenters. The normalized spacial score (nSPS) is 23.5. The number of amides is 1. The number of benzene rings is 1. The highest BCUT2D eigenvalue weighted by Crippen LogP contribution is 2.38. The van der Waals surface area contributed by atoms with Gasteiger partial charge < -0.3 is 15.4 Å². The van der Waals surface area contributed by atoms with Gasteiger partial charge in [-0.05, 0) is 30.3 Å². The number of hydrogen-bond donors (Lipinski definition) is 4. The maximum atomic E-state index is 13.0. The first-order valence-electron chi connectivity index (χ1n) is 11.3. The number of pyridine rings is 1. The van der Waals surface area contributed by atoms with Crippen LogP contribution in [0.5, 0.6) is 5.75 Å². The summed E-state index contributed by atoms with van der Waals surface area (Å²) in [5.41, 5.74) is 5.99. The molecule has 11 heteroatoms. The minimum Gasteiger partial charge on any atom is -0.494 e. The maximum absolute atomic E-state index is 13.0. The number of nitrogens with zero attached hydrogens (tertiary/aromatic N) is 5. The molecule has 2 fully saturated rings. The van der Waals surface area contributed by atoms with Crippen molar-refractivity contribution in [1.29, 1.82) is 5.26 Å². The fraction of sp³-hybridized carbons (Fsp3) is 0.333. The molecule has 3 aromatic rings. The van der Waals surface area contributed by atoms with E-state index < -0.39 is 0 Å². The van der Waals surface area contributed by atoms with Gasteiger partial charge in [0.15, 0.2) is 5.75 Å². The van der Waals surface area contributed by atoms with Gasteiger partial charge in [0, 0.05) is 38.3 Å². The summed E-state index contributed by atoms with van der Waals surface area (Å²) in [6, 6.07) is 14.9. The molecule has 2 aromatic heterocycles. The second-order valence-electron chi connectivity index (χ2n) is 8.66. The average molecular weight is 474 g/mol. The fourth-order valence-electron chi connectivity index (χ4n) is 4.79. The summed E-state index contributed by atoms with van der Waals surface area (Å²) in [6.45, 7) is 0. The summed E-state index contributed by atoms with van der Waals surface area (Å²) in [4.78, 5) is 17.3. The van der Waals surface area contributed by atoms with Crippen molar-refractivity contribution >= 4 is 17.4 Å². The monoisotopic (exact) mass is 473 g/mol. The van der Waals surface area contributed by atoms with Crippen LogP contribution in [0, 0.1) is 17.2 Å². The van der Waals surface area contributed by atoms with E-state index in [4.69, 9.17) is 4.74 Å². The Balaban J connectivity index is 1.44. The lowest BCUT2D eigenvalue weighted by atomic mass is 9.88. The molecule has 0 aliphatic carbocycles. The third-order valence-electron chi connectivity index (χ3n) is 6.35. The van der Waals surface area contributed by atoms with Crippen molar-refractivity contribution in [3.05, 3.63) is 54.4 Å². The van der Waals surface area contributed by atoms with Gasteiger partial charge in [-0.1, -0.05) is 12.1 Å². The second kappa shape index (κ2) is 9.25. The van der Waals surface area contributed by atoms with Crippen LogP contribution in [0.25, 0.3) is 11.3 Å². The zero-order valence-electron chi connectivity index (χ0n) is 19.7. The molecule has 1 amide bonds. The van der Waals surface area contributed by atoms with E-state index in [9.17, 15) is 10.1 Å². The Labute approximate surface area is 203 Å². The Morgan fingerprint density at radius 3 is 2.74 bits per heavy atom. The van der Waals surface area contributed by atoms with E-state index in [-0.39, 0.29) is 30.2 Å². The highest BCUT2D eigenvalue weighted by Gasteiger charge is 2.48. The molecular formula is C24H27N9O2. The number of anilines is 2. The first kappa shape index (κ1) is 22.6. The molecule has 2 aliphatic heterocycles. The van der Waals surface area contributed by atoms with Crippen LogP contribution in [0.3, 0.4) is 0 Å². The first-order chi connectivity index (χ1) is 17.0. The standard InChI is InChI=1S/C24H27N9O2/c1-32-11-10-16(30-32)15-7-5-8-17(22(15)35-3)27-18-12-20(28-19-9-4-6-14(13-25)26-19)29-23-21(18)24(34)33(2)31-23/h4-11,18,20-21,23,27,29,31H,12H2,1-3H3,(H,26,28). The van der Waals surface area contributed by atoms with Crippen LogP contribution in [0.1, 0.15) is 12.1 Å². The summed E-state index contributed by atoms with van der Waals surface area (Å²) in [7, 11) is 5.23. The molecule has 0 spiro atoms. The topological polar surface area (TPSA) is 132 Å². The van der Waals surface area contributed by atoms with Gasteiger partial charge in [-0.15, -0.1) is 0 Å². The van der Waals surface area contributed by atoms with Crippen LogP contribution in [0.4, 0.5) is 11.5 Å². The maximum Gasteiger partial charge on any atom is 0.244 e. The van der Waals surface area contributed by atoms with Gasteiger partial charge in [0.25, 0.3) is 0 Å². The number of para-hydroxylation sites is 1. The molecule has 0 bridgehead atoms. The number of nitriles is 1. The second-order valence-corrected chi connectivity index (χ2v) is 8.66. The van der Waals surface area contributed by atoms with Crippen molar-refractivity contribution in [1.82, 2.24) is 30.5 Å². The van der Waals surface area contributed by atoms with Gasteiger partial charge in [-0.3, -0.25) is 19.8 Å². The highest BCUT2D eigenvalue weighted by atomic mass is 16.5. The van der Waals surface area contributed by atoms with E-state index in [1.165, 1.54) is 5.01 Å². The SMILES string of the molecule is COc1c(NC2CC(Nc3cccc(C#N)n3)NC3NN(C)C(=O)C23)cccc1-c1ccn(C)n1. The Morgan fingerprint density at radius 1 is 1.17 bits per heavy atom. The van der Waals surface area contributed by atoms with Gasteiger partial charge in [-0.2, -0.15) is 10.4 Å². The molecule has 11 nitrogen and oxygen atoms in total. The predicted molar refractivity (Wildman–Crippen MR) is 130 cm³/mol. The number of rotatable bonds is 6. The van der Waals surface area contributed by atoms with Crippen molar-refractivity contribution < 1.29 is 9.53 Å². The van der Waals surface area contributed by atoms with E-state index in [1.807, 2.05) is 43.6 Å². The van der Waals surface area contributed by atoms with Crippen molar-refractivity contribution in [3.8, 4) is 23.1 Å². The van der Waals surface area contributed by atoms with Crippen LogP contribution in [-0.2, 0) is 11.8 Å². The number of carbonyl (C=O) groups is 1. The van der Waals surface area contributed by atoms with Crippen molar-refractivity contribution in [2.45, 2.75) is 24.8 Å². The summed E-state index contributed by atoms with van der Waals surface area (Å²) in [5.74, 6) is 0.926. The Morgan fingerprint density at radius 2 is 2.00 bits per heavy atom. The van der Waals surface area contributed by atoms with Crippen LogP contribution < -0.4 is 26.1 Å². The summed E-state index contributed by atoms with van der Waals surface area (Å²) >= 11 is 0. The lowest BCUT2D eigenvalue weighted by Crippen LogP contribution is -2.60. The van der Waals surface area contributed by atoms with E-state index >= 15 is 0 Å². The van der Waals surface area contributed by atoms with Gasteiger partial charge >= 0.3 is 0 Å². The zero-order chi connectivity index (χ0) is 24.5. The van der Waals surface area contributed by atoms with Crippen LogP contribution in [-0.4, -0.2) is 58.2 Å². The molecule has 0 saturated carbocycles. The van der Waals surface area contributed by atoms with Crippen LogP contribution in [0.15, 0.2) is 48.7 Å². The molecule has 35 heavy (non-hydrogen) atoms. The third-order valence-corrected chi connectivity index (χ3v) is 6.35. The first-order valence-corrected chi connectivity index (χ1v) is 11.3. The zero-order valence-corrected chi connectivity index (χ0v) is 19.7. The highest BCUT2D eigenvalue weighted by molar-refractivity contribution is 5.83. The quantitative estimate of drug-likeness (QED) is 0.420. The molecule has 5 rings (SSSR count). The molecule has 4 heterocycles. The Hall–Kier alpha value is -4.14. The molecule has 180 valence electrons. The average Bonchev–Trinajstić information content (AvgIpc) is 3.41. The minimum absolute atomic E-state index is 0.00269. The third kappa shape index (κ3) is 4.37. The van der Waals surface area contributed by atoms with E-state index in [2.05, 4.69) is 37.5 Å². The van der Waals surface area contributed by atoms with E-state index in [0.717, 1.165) is 16.9 Å². The number of fused-ring (bicyclic) bond motifs is 1. The van der Waals surface area contributed by atoms with Crippen molar-refractivity contribution in [2.24, 2.45) is 13.0 Å². The minimum atomic E-state index is -0.334. The van der Waals surface area contributed by atoms with Crippen molar-refractivity contribution in [2.75, 3.05) is 24.8 Å². The number of hydrazine groups is 1. The number of aryl methyl sites for hydroxylation is 1. The number of carbonyl (C=O) groups excluding carboxylic acids is 1. The van der Waals surface area contributed by atoms with E-state index in [0.29, 0.717) is 23.7 Å². The largest absolute Gasteiger partial charge is 0.494 e. The van der Waals surface area contributed by atoms with Gasteiger partial charge in [0.2, 0.25) is 5.91 Å². The number of aromatic nitrogens is 3. The van der Waals surface area contributed by atoms with E-state index in [1.54, 1.807) is 31.0 Å². The number of hydrogen-bond acceptors (Lipinski definition) is 9. The molecule has 2 aliphatic rings. The van der Waals surface area contributed by atoms with Gasteiger partial charge in [0.1, 0.15) is 17.6 Å². The fourth-order valence-corrected chi connectivity index (χ4v) is 4.79. The smallest absolute Gasteiger partial charge is 0.244 e. The predicted octanol–water partition coefficient (Wildman–Crippen LogP) is 1.49. The molecule has 4 N–H and O–H groups in total. The van der Waals surface area contributed by atoms with Crippen LogP contribution >= 0.6 is 0 Å². The number of piperidine rings is 1. The number of methoxy groups -OCH3 is 1. The van der Waals surface area contributed by atoms with Gasteiger partial charge in [-0.25, -0.2) is 10.4 Å². The number of ether oxygens (including phenoxy) is 1. The summed E-state index contributed by atoms with van der Waals surface area (Å²) in [5, 5.41) is 25.6. The molecule has 0 radical (unpaired) electrons.